The SMILES string of the molecule is Cc1ccc(Cl)c(NC2CCOC(C)C2)c1. The van der Waals surface area contributed by atoms with Crippen molar-refractivity contribution in [3.8, 4) is 0 Å². The van der Waals surface area contributed by atoms with Crippen molar-refractivity contribution < 1.29 is 4.74 Å². The molecule has 1 aliphatic heterocycles. The van der Waals surface area contributed by atoms with Crippen LogP contribution in [0.2, 0.25) is 5.02 Å². The van der Waals surface area contributed by atoms with E-state index in [9.17, 15) is 0 Å². The van der Waals surface area contributed by atoms with E-state index >= 15 is 0 Å². The van der Waals surface area contributed by atoms with Crippen LogP contribution in [0.5, 0.6) is 0 Å². The maximum atomic E-state index is 6.16. The van der Waals surface area contributed by atoms with Crippen molar-refractivity contribution in [3.05, 3.63) is 28.8 Å². The Bertz CT molecular complexity index is 367. The number of halogens is 1. The molecule has 0 radical (unpaired) electrons. The summed E-state index contributed by atoms with van der Waals surface area (Å²) in [7, 11) is 0. The number of benzene rings is 1. The quantitative estimate of drug-likeness (QED) is 0.851. The molecule has 1 aromatic rings. The van der Waals surface area contributed by atoms with Gasteiger partial charge in [-0.3, -0.25) is 0 Å². The first-order chi connectivity index (χ1) is 7.65. The number of nitrogens with one attached hydrogen (secondary N) is 1. The summed E-state index contributed by atoms with van der Waals surface area (Å²) in [5.41, 5.74) is 2.27. The smallest absolute Gasteiger partial charge is 0.0637 e. The molecule has 1 N–H and O–H groups in total. The third kappa shape index (κ3) is 2.89. The Hall–Kier alpha value is -0.730. The van der Waals surface area contributed by atoms with E-state index in [1.54, 1.807) is 0 Å². The number of rotatable bonds is 2. The molecule has 0 amide bonds. The van der Waals surface area contributed by atoms with E-state index in [0.717, 1.165) is 30.2 Å². The van der Waals surface area contributed by atoms with Crippen LogP contribution in [-0.2, 0) is 4.74 Å². The molecule has 0 aliphatic carbocycles. The Morgan fingerprint density at radius 2 is 2.25 bits per heavy atom. The van der Waals surface area contributed by atoms with Gasteiger partial charge in [0.15, 0.2) is 0 Å². The third-order valence-corrected chi connectivity index (χ3v) is 3.30. The van der Waals surface area contributed by atoms with Gasteiger partial charge in [0.05, 0.1) is 16.8 Å². The largest absolute Gasteiger partial charge is 0.381 e. The minimum atomic E-state index is 0.342. The average molecular weight is 240 g/mol. The molecule has 3 heteroatoms. The van der Waals surface area contributed by atoms with Crippen LogP contribution in [0.1, 0.15) is 25.3 Å². The predicted octanol–water partition coefficient (Wildman–Crippen LogP) is 3.63. The van der Waals surface area contributed by atoms with E-state index in [1.165, 1.54) is 5.56 Å². The van der Waals surface area contributed by atoms with Gasteiger partial charge in [-0.1, -0.05) is 17.7 Å². The molecule has 0 aromatic heterocycles. The van der Waals surface area contributed by atoms with Crippen molar-refractivity contribution in [2.75, 3.05) is 11.9 Å². The lowest BCUT2D eigenvalue weighted by molar-refractivity contribution is 0.0232. The maximum Gasteiger partial charge on any atom is 0.0637 e. The molecule has 88 valence electrons. The fraction of sp³-hybridized carbons (Fsp3) is 0.538. The lowest BCUT2D eigenvalue weighted by atomic mass is 10.0. The second kappa shape index (κ2) is 5.07. The van der Waals surface area contributed by atoms with E-state index in [0.29, 0.717) is 12.1 Å². The van der Waals surface area contributed by atoms with Gasteiger partial charge >= 0.3 is 0 Å². The van der Waals surface area contributed by atoms with Crippen molar-refractivity contribution in [3.63, 3.8) is 0 Å². The zero-order valence-electron chi connectivity index (χ0n) is 9.79. The number of aryl methyl sites for hydroxylation is 1. The Morgan fingerprint density at radius 1 is 1.44 bits per heavy atom. The Labute approximate surface area is 102 Å². The van der Waals surface area contributed by atoms with Gasteiger partial charge in [-0.15, -0.1) is 0 Å². The number of ether oxygens (including phenoxy) is 1. The topological polar surface area (TPSA) is 21.3 Å². The first-order valence-corrected chi connectivity index (χ1v) is 6.17. The molecule has 1 fully saturated rings. The lowest BCUT2D eigenvalue weighted by Gasteiger charge is -2.29. The minimum Gasteiger partial charge on any atom is -0.381 e. The van der Waals surface area contributed by atoms with E-state index in [2.05, 4.69) is 25.2 Å². The second-order valence-electron chi connectivity index (χ2n) is 4.53. The molecule has 2 rings (SSSR count). The first-order valence-electron chi connectivity index (χ1n) is 5.79. The molecular formula is C13H18ClNO. The molecule has 2 atom stereocenters. The second-order valence-corrected chi connectivity index (χ2v) is 4.94. The van der Waals surface area contributed by atoms with Gasteiger partial charge in [-0.25, -0.2) is 0 Å². The summed E-state index contributed by atoms with van der Waals surface area (Å²) >= 11 is 6.16. The molecule has 1 saturated heterocycles. The Morgan fingerprint density at radius 3 is 3.00 bits per heavy atom. The normalized spacial score (nSPS) is 25.4. The summed E-state index contributed by atoms with van der Waals surface area (Å²) in [5.74, 6) is 0. The standard InChI is InChI=1S/C13H18ClNO/c1-9-3-4-12(14)13(7-9)15-11-5-6-16-10(2)8-11/h3-4,7,10-11,15H,5-6,8H2,1-2H3. The molecule has 1 aliphatic rings. The van der Waals surface area contributed by atoms with E-state index in [-0.39, 0.29) is 0 Å². The summed E-state index contributed by atoms with van der Waals surface area (Å²) < 4.78 is 5.53. The zero-order chi connectivity index (χ0) is 11.5. The third-order valence-electron chi connectivity index (χ3n) is 2.97. The summed E-state index contributed by atoms with van der Waals surface area (Å²) in [6.45, 7) is 5.03. The van der Waals surface area contributed by atoms with E-state index in [4.69, 9.17) is 16.3 Å². The highest BCUT2D eigenvalue weighted by Crippen LogP contribution is 2.26. The van der Waals surface area contributed by atoms with Gasteiger partial charge in [-0.05, 0) is 44.4 Å². The molecule has 0 saturated carbocycles. The zero-order valence-corrected chi connectivity index (χ0v) is 10.6. The highest BCUT2D eigenvalue weighted by molar-refractivity contribution is 6.33. The van der Waals surface area contributed by atoms with Gasteiger partial charge in [0, 0.05) is 12.6 Å². The summed E-state index contributed by atoms with van der Waals surface area (Å²) in [4.78, 5) is 0. The van der Waals surface area contributed by atoms with E-state index < -0.39 is 0 Å². The van der Waals surface area contributed by atoms with Crippen molar-refractivity contribution in [2.24, 2.45) is 0 Å². The minimum absolute atomic E-state index is 0.342. The van der Waals surface area contributed by atoms with Crippen LogP contribution in [0.15, 0.2) is 18.2 Å². The van der Waals surface area contributed by atoms with Crippen LogP contribution in [0.3, 0.4) is 0 Å². The van der Waals surface area contributed by atoms with Gasteiger partial charge in [0.1, 0.15) is 0 Å². The predicted molar refractivity (Wildman–Crippen MR) is 68.2 cm³/mol. The van der Waals surface area contributed by atoms with E-state index in [1.807, 2.05) is 12.1 Å². The van der Waals surface area contributed by atoms with Crippen LogP contribution in [0, 0.1) is 6.92 Å². The number of hydrogen-bond donors (Lipinski definition) is 1. The maximum absolute atomic E-state index is 6.16. The molecule has 16 heavy (non-hydrogen) atoms. The van der Waals surface area contributed by atoms with Gasteiger partial charge in [0.25, 0.3) is 0 Å². The highest BCUT2D eigenvalue weighted by atomic mass is 35.5. The van der Waals surface area contributed by atoms with Crippen LogP contribution >= 0.6 is 11.6 Å². The number of hydrogen-bond acceptors (Lipinski definition) is 2. The summed E-state index contributed by atoms with van der Waals surface area (Å²) in [5, 5.41) is 4.30. The van der Waals surface area contributed by atoms with Crippen LogP contribution < -0.4 is 5.32 Å². The van der Waals surface area contributed by atoms with Crippen molar-refractivity contribution in [1.29, 1.82) is 0 Å². The van der Waals surface area contributed by atoms with Gasteiger partial charge in [-0.2, -0.15) is 0 Å². The average Bonchev–Trinajstić information content (AvgIpc) is 2.24. The monoisotopic (exact) mass is 239 g/mol. The molecule has 0 bridgehead atoms. The van der Waals surface area contributed by atoms with Gasteiger partial charge < -0.3 is 10.1 Å². The molecule has 0 spiro atoms. The molecule has 2 nitrogen and oxygen atoms in total. The summed E-state index contributed by atoms with van der Waals surface area (Å²) in [6, 6.07) is 6.55. The van der Waals surface area contributed by atoms with Gasteiger partial charge in [0.2, 0.25) is 0 Å². The Kier molecular flexibility index (Phi) is 3.72. The fourth-order valence-electron chi connectivity index (χ4n) is 2.10. The molecule has 1 aromatic carbocycles. The number of anilines is 1. The fourth-order valence-corrected chi connectivity index (χ4v) is 2.27. The summed E-state index contributed by atoms with van der Waals surface area (Å²) in [6.07, 6.45) is 2.44. The highest BCUT2D eigenvalue weighted by Gasteiger charge is 2.19. The van der Waals surface area contributed by atoms with Crippen molar-refractivity contribution in [1.82, 2.24) is 0 Å². The van der Waals surface area contributed by atoms with Crippen molar-refractivity contribution >= 4 is 17.3 Å². The first kappa shape index (κ1) is 11.7. The Balaban J connectivity index is 2.05. The molecule has 2 unspecified atom stereocenters. The van der Waals surface area contributed by atoms with Crippen LogP contribution in [0.4, 0.5) is 5.69 Å². The van der Waals surface area contributed by atoms with Crippen LogP contribution in [-0.4, -0.2) is 18.8 Å². The molecular weight excluding hydrogens is 222 g/mol. The molecule has 1 heterocycles. The van der Waals surface area contributed by atoms with Crippen molar-refractivity contribution in [2.45, 2.75) is 38.8 Å². The van der Waals surface area contributed by atoms with Crippen LogP contribution in [0.25, 0.3) is 0 Å². The lowest BCUT2D eigenvalue weighted by Crippen LogP contribution is -2.32.